The van der Waals surface area contributed by atoms with E-state index in [4.69, 9.17) is 0 Å². The molecule has 5 heteroatoms. The zero-order valence-corrected chi connectivity index (χ0v) is 11.7. The highest BCUT2D eigenvalue weighted by Gasteiger charge is 2.40. The first-order valence-corrected chi connectivity index (χ1v) is 7.11. The molecular formula is C13H26N4O. The van der Waals surface area contributed by atoms with E-state index in [0.717, 1.165) is 58.5 Å². The summed E-state index contributed by atoms with van der Waals surface area (Å²) >= 11 is 0. The molecule has 2 N–H and O–H groups in total. The summed E-state index contributed by atoms with van der Waals surface area (Å²) < 4.78 is 0. The predicted molar refractivity (Wildman–Crippen MR) is 72.0 cm³/mol. The quantitative estimate of drug-likeness (QED) is 0.744. The lowest BCUT2D eigenvalue weighted by atomic mass is 9.82. The fraction of sp³-hybridized carbons (Fsp3) is 0.923. The highest BCUT2D eigenvalue weighted by atomic mass is 16.2. The van der Waals surface area contributed by atoms with E-state index in [1.807, 2.05) is 0 Å². The molecule has 0 aliphatic carbocycles. The summed E-state index contributed by atoms with van der Waals surface area (Å²) in [7, 11) is 2.12. The topological polar surface area (TPSA) is 47.6 Å². The Morgan fingerprint density at radius 3 is 2.61 bits per heavy atom. The van der Waals surface area contributed by atoms with Gasteiger partial charge in [0.05, 0.1) is 5.41 Å². The number of carbonyl (C=O) groups is 1. The van der Waals surface area contributed by atoms with Crippen LogP contribution in [-0.2, 0) is 4.79 Å². The predicted octanol–water partition coefficient (Wildman–Crippen LogP) is 0.0448. The fourth-order valence-corrected chi connectivity index (χ4v) is 2.92. The van der Waals surface area contributed by atoms with Crippen LogP contribution >= 0.6 is 0 Å². The van der Waals surface area contributed by atoms with Crippen molar-refractivity contribution in [1.29, 1.82) is 0 Å². The summed E-state index contributed by atoms with van der Waals surface area (Å²) in [5.74, 6) is 0.221. The van der Waals surface area contributed by atoms with Gasteiger partial charge in [-0.05, 0) is 26.4 Å². The maximum atomic E-state index is 12.5. The van der Waals surface area contributed by atoms with Crippen LogP contribution in [0.3, 0.4) is 0 Å². The van der Waals surface area contributed by atoms with Crippen molar-refractivity contribution >= 4 is 5.91 Å². The average Bonchev–Trinajstić information content (AvgIpc) is 2.82. The Kier molecular flexibility index (Phi) is 4.59. The Balaban J connectivity index is 1.89. The lowest BCUT2D eigenvalue weighted by molar-refractivity contribution is -0.136. The van der Waals surface area contributed by atoms with Crippen molar-refractivity contribution in [3.8, 4) is 0 Å². The molecule has 0 spiro atoms. The van der Waals surface area contributed by atoms with E-state index in [1.165, 1.54) is 0 Å². The molecule has 5 nitrogen and oxygen atoms in total. The van der Waals surface area contributed by atoms with Crippen molar-refractivity contribution in [2.75, 3.05) is 46.3 Å². The molecule has 0 aromatic heterocycles. The maximum absolute atomic E-state index is 12.5. The Labute approximate surface area is 110 Å². The molecule has 2 aliphatic rings. The van der Waals surface area contributed by atoms with Crippen LogP contribution in [-0.4, -0.2) is 62.1 Å². The van der Waals surface area contributed by atoms with Gasteiger partial charge in [-0.3, -0.25) is 10.2 Å². The molecule has 2 fully saturated rings. The van der Waals surface area contributed by atoms with E-state index in [1.54, 1.807) is 0 Å². The van der Waals surface area contributed by atoms with Crippen LogP contribution < -0.4 is 10.7 Å². The van der Waals surface area contributed by atoms with Crippen molar-refractivity contribution in [3.63, 3.8) is 0 Å². The zero-order valence-electron chi connectivity index (χ0n) is 11.7. The van der Waals surface area contributed by atoms with Crippen LogP contribution in [0.4, 0.5) is 0 Å². The van der Waals surface area contributed by atoms with E-state index in [0.29, 0.717) is 0 Å². The van der Waals surface area contributed by atoms with E-state index in [9.17, 15) is 4.79 Å². The third-order valence-corrected chi connectivity index (χ3v) is 4.22. The van der Waals surface area contributed by atoms with Crippen LogP contribution in [0.25, 0.3) is 0 Å². The second kappa shape index (κ2) is 5.99. The number of nitrogens with one attached hydrogen (secondary N) is 2. The van der Waals surface area contributed by atoms with Crippen molar-refractivity contribution in [2.24, 2.45) is 5.41 Å². The van der Waals surface area contributed by atoms with Gasteiger partial charge >= 0.3 is 0 Å². The Hall–Kier alpha value is -0.650. The highest BCUT2D eigenvalue weighted by Crippen LogP contribution is 2.31. The minimum absolute atomic E-state index is 0.169. The van der Waals surface area contributed by atoms with E-state index in [-0.39, 0.29) is 11.3 Å². The molecule has 0 aromatic carbocycles. The van der Waals surface area contributed by atoms with Crippen LogP contribution in [0, 0.1) is 5.41 Å². The minimum Gasteiger partial charge on any atom is -0.316 e. The molecule has 104 valence electrons. The van der Waals surface area contributed by atoms with Gasteiger partial charge in [0.1, 0.15) is 0 Å². The van der Waals surface area contributed by atoms with Crippen molar-refractivity contribution in [3.05, 3.63) is 0 Å². The van der Waals surface area contributed by atoms with Crippen LogP contribution in [0.15, 0.2) is 0 Å². The maximum Gasteiger partial charge on any atom is 0.241 e. The van der Waals surface area contributed by atoms with Gasteiger partial charge in [0.25, 0.3) is 0 Å². The number of rotatable bonds is 4. The molecule has 2 saturated heterocycles. The summed E-state index contributed by atoms with van der Waals surface area (Å²) in [6, 6.07) is 0. The summed E-state index contributed by atoms with van der Waals surface area (Å²) in [6.07, 6.45) is 3.03. The third kappa shape index (κ3) is 3.02. The first kappa shape index (κ1) is 13.8. The fourth-order valence-electron chi connectivity index (χ4n) is 2.92. The first-order valence-electron chi connectivity index (χ1n) is 7.11. The summed E-state index contributed by atoms with van der Waals surface area (Å²) in [5, 5.41) is 5.42. The van der Waals surface area contributed by atoms with E-state index < -0.39 is 0 Å². The van der Waals surface area contributed by atoms with Gasteiger partial charge in [-0.1, -0.05) is 13.3 Å². The van der Waals surface area contributed by atoms with E-state index >= 15 is 0 Å². The second-order valence-corrected chi connectivity index (χ2v) is 5.69. The van der Waals surface area contributed by atoms with Gasteiger partial charge < -0.3 is 10.2 Å². The summed E-state index contributed by atoms with van der Waals surface area (Å²) in [6.45, 7) is 7.87. The van der Waals surface area contributed by atoms with Gasteiger partial charge in [-0.15, -0.1) is 0 Å². The molecule has 0 aromatic rings. The number of amides is 1. The van der Waals surface area contributed by atoms with Crippen molar-refractivity contribution in [1.82, 2.24) is 20.7 Å². The van der Waals surface area contributed by atoms with E-state index in [2.05, 4.69) is 34.6 Å². The molecule has 2 aliphatic heterocycles. The lowest BCUT2D eigenvalue weighted by Gasteiger charge is -2.35. The number of hydrogen-bond donors (Lipinski definition) is 2. The monoisotopic (exact) mass is 254 g/mol. The summed E-state index contributed by atoms with van der Waals surface area (Å²) in [4.78, 5) is 14.8. The standard InChI is InChI=1S/C13H26N4O/c1-3-4-13(5-6-14-11-13)12(18)15-17-9-7-16(2)8-10-17/h14H,3-11H2,1-2H3,(H,15,18). The smallest absolute Gasteiger partial charge is 0.241 e. The first-order chi connectivity index (χ1) is 8.66. The van der Waals surface area contributed by atoms with Gasteiger partial charge in [0.15, 0.2) is 0 Å². The van der Waals surface area contributed by atoms with Gasteiger partial charge in [-0.2, -0.15) is 0 Å². The number of nitrogens with zero attached hydrogens (tertiary/aromatic N) is 2. The molecule has 2 rings (SSSR count). The average molecular weight is 254 g/mol. The SMILES string of the molecule is CCCC1(C(=O)NN2CCN(C)CC2)CCNC1. The van der Waals surface area contributed by atoms with Crippen molar-refractivity contribution in [2.45, 2.75) is 26.2 Å². The molecule has 1 atom stereocenters. The molecule has 1 amide bonds. The Bertz CT molecular complexity index is 281. The minimum atomic E-state index is -0.169. The lowest BCUT2D eigenvalue weighted by Crippen LogP contribution is -2.56. The Morgan fingerprint density at radius 1 is 1.33 bits per heavy atom. The molecule has 2 heterocycles. The van der Waals surface area contributed by atoms with Gasteiger partial charge in [0, 0.05) is 32.7 Å². The number of likely N-dealkylation sites (N-methyl/N-ethyl adjacent to an activating group) is 1. The Morgan fingerprint density at radius 2 is 2.06 bits per heavy atom. The number of carbonyl (C=O) groups excluding carboxylic acids is 1. The molecule has 1 unspecified atom stereocenters. The van der Waals surface area contributed by atoms with Crippen molar-refractivity contribution < 1.29 is 4.79 Å². The van der Waals surface area contributed by atoms with Gasteiger partial charge in [0.2, 0.25) is 5.91 Å². The zero-order chi connectivity index (χ0) is 13.0. The van der Waals surface area contributed by atoms with Gasteiger partial charge in [-0.25, -0.2) is 5.01 Å². The second-order valence-electron chi connectivity index (χ2n) is 5.69. The highest BCUT2D eigenvalue weighted by molar-refractivity contribution is 5.82. The van der Waals surface area contributed by atoms with Crippen LogP contribution in [0.1, 0.15) is 26.2 Å². The summed E-state index contributed by atoms with van der Waals surface area (Å²) in [5.41, 5.74) is 2.97. The number of hydrazine groups is 1. The molecule has 0 saturated carbocycles. The molecule has 18 heavy (non-hydrogen) atoms. The van der Waals surface area contributed by atoms with Crippen LogP contribution in [0.2, 0.25) is 0 Å². The normalized spacial score (nSPS) is 30.6. The molecule has 0 bridgehead atoms. The number of hydrogen-bond acceptors (Lipinski definition) is 4. The number of piperazine rings is 1. The molecular weight excluding hydrogens is 228 g/mol. The largest absolute Gasteiger partial charge is 0.316 e. The third-order valence-electron chi connectivity index (χ3n) is 4.22. The molecule has 0 radical (unpaired) electrons. The van der Waals surface area contributed by atoms with Crippen LogP contribution in [0.5, 0.6) is 0 Å².